The van der Waals surface area contributed by atoms with Crippen LogP contribution in [0, 0.1) is 27.7 Å². The van der Waals surface area contributed by atoms with Crippen molar-refractivity contribution in [1.82, 2.24) is 39.5 Å². The summed E-state index contributed by atoms with van der Waals surface area (Å²) in [7, 11) is -1.93. The summed E-state index contributed by atoms with van der Waals surface area (Å²) in [5.74, 6) is 4.04. The Labute approximate surface area is 402 Å². The number of hydrogen-bond acceptors (Lipinski definition) is 20. The first-order valence-corrected chi connectivity index (χ1v) is 24.8. The third-order valence-electron chi connectivity index (χ3n) is 11.2. The van der Waals surface area contributed by atoms with Gasteiger partial charge in [0.15, 0.2) is 54.6 Å². The maximum absolute atomic E-state index is 13.4. The summed E-state index contributed by atoms with van der Waals surface area (Å²) in [5, 5.41) is 35.7. The van der Waals surface area contributed by atoms with Crippen LogP contribution in [-0.4, -0.2) is 105 Å². The van der Waals surface area contributed by atoms with Gasteiger partial charge in [-0.15, -0.1) is 20.4 Å². The Morgan fingerprint density at radius 3 is 1.16 bits per heavy atom. The molecule has 6 aromatic heterocycles. The number of para-hydroxylation sites is 2. The fourth-order valence-corrected chi connectivity index (χ4v) is 10.0. The number of furan rings is 2. The van der Waals surface area contributed by atoms with Crippen LogP contribution in [0.5, 0.6) is 23.0 Å². The van der Waals surface area contributed by atoms with Crippen molar-refractivity contribution in [3.63, 3.8) is 0 Å². The molecular formula is C46H52N8O14S2. The molecule has 372 valence electrons. The summed E-state index contributed by atoms with van der Waals surface area (Å²) >= 11 is 0. The van der Waals surface area contributed by atoms with Crippen molar-refractivity contribution in [2.45, 2.75) is 75.8 Å². The Balaban J connectivity index is 0.000000206. The second kappa shape index (κ2) is 20.8. The molecule has 0 radical (unpaired) electrons. The van der Waals surface area contributed by atoms with Crippen LogP contribution in [-0.2, 0) is 31.2 Å². The lowest BCUT2D eigenvalue weighted by Gasteiger charge is -2.19. The summed E-state index contributed by atoms with van der Waals surface area (Å²) in [6, 6.07) is 17.3. The Hall–Kier alpha value is -7.28. The van der Waals surface area contributed by atoms with Gasteiger partial charge in [-0.2, -0.15) is 0 Å². The number of aliphatic hydroxyl groups is 2. The predicted molar refractivity (Wildman–Crippen MR) is 250 cm³/mol. The molecule has 8 aromatic rings. The third kappa shape index (κ3) is 10.3. The maximum atomic E-state index is 13.4. The molecule has 6 heterocycles. The lowest BCUT2D eigenvalue weighted by atomic mass is 10.2. The van der Waals surface area contributed by atoms with Gasteiger partial charge in [-0.3, -0.25) is 9.13 Å². The molecule has 2 aromatic carbocycles. The number of hydrogen-bond donors (Lipinski definition) is 2. The van der Waals surface area contributed by atoms with Crippen molar-refractivity contribution >= 4 is 19.7 Å². The standard InChI is InChI=1S/2C23H26N4O7S/c2*1-13-9-10-19(34-13)23-26-25-20(27(23)21-17(31-4)7-6-8-18(21)32-5)12-35(29,30)14(2)22(28)16-11-33-15(3)24-16/h2*6-11,14,22,28H,12H2,1-5H3/t2*14-,22+/m10/s1. The van der Waals surface area contributed by atoms with Crippen LogP contribution in [0.1, 0.15) is 72.4 Å². The normalized spacial score (nSPS) is 13.5. The van der Waals surface area contributed by atoms with Gasteiger partial charge >= 0.3 is 0 Å². The molecule has 0 aliphatic rings. The first kappa shape index (κ1) is 50.6. The van der Waals surface area contributed by atoms with Crippen molar-refractivity contribution < 1.29 is 63.7 Å². The van der Waals surface area contributed by atoms with Gasteiger partial charge in [0.25, 0.3) is 0 Å². The fourth-order valence-electron chi connectivity index (χ4n) is 7.35. The molecular weight excluding hydrogens is 953 g/mol. The first-order valence-electron chi connectivity index (χ1n) is 21.4. The summed E-state index contributed by atoms with van der Waals surface area (Å²) in [4.78, 5) is 8.10. The fraction of sp³-hybridized carbons (Fsp3) is 0.348. The number of ether oxygens (including phenoxy) is 4. The largest absolute Gasteiger partial charge is 0.494 e. The van der Waals surface area contributed by atoms with E-state index in [4.69, 9.17) is 36.6 Å². The molecule has 0 spiro atoms. The highest BCUT2D eigenvalue weighted by atomic mass is 32.2. The molecule has 70 heavy (non-hydrogen) atoms. The van der Waals surface area contributed by atoms with Crippen LogP contribution >= 0.6 is 0 Å². The number of aryl methyl sites for hydroxylation is 4. The van der Waals surface area contributed by atoms with Gasteiger partial charge in [0, 0.05) is 13.8 Å². The second-order valence-corrected chi connectivity index (χ2v) is 20.6. The molecule has 0 saturated heterocycles. The number of oxazole rings is 2. The number of methoxy groups -OCH3 is 4. The maximum Gasteiger partial charge on any atom is 0.204 e. The van der Waals surface area contributed by atoms with Crippen molar-refractivity contribution in [2.75, 3.05) is 28.4 Å². The smallest absolute Gasteiger partial charge is 0.204 e. The van der Waals surface area contributed by atoms with E-state index in [1.807, 2.05) is 0 Å². The zero-order chi connectivity index (χ0) is 50.7. The lowest BCUT2D eigenvalue weighted by Crippen LogP contribution is -2.28. The van der Waals surface area contributed by atoms with Gasteiger partial charge in [0.1, 0.15) is 93.5 Å². The van der Waals surface area contributed by atoms with Gasteiger partial charge in [0.05, 0.1) is 38.9 Å². The summed E-state index contributed by atoms with van der Waals surface area (Å²) in [6.07, 6.45) is -0.291. The zero-order valence-corrected chi connectivity index (χ0v) is 41.5. The highest BCUT2D eigenvalue weighted by Gasteiger charge is 2.36. The average Bonchev–Trinajstić information content (AvgIpc) is 4.23. The first-order chi connectivity index (χ1) is 33.3. The van der Waals surface area contributed by atoms with Crippen LogP contribution in [0.2, 0.25) is 0 Å². The average molecular weight is 1010 g/mol. The molecule has 0 unspecified atom stereocenters. The quantitative estimate of drug-likeness (QED) is 0.0943. The van der Waals surface area contributed by atoms with E-state index in [1.165, 1.54) is 63.9 Å². The number of benzene rings is 2. The topological polar surface area (TPSA) is 285 Å². The van der Waals surface area contributed by atoms with Crippen LogP contribution in [0.25, 0.3) is 34.5 Å². The van der Waals surface area contributed by atoms with E-state index in [1.54, 1.807) is 88.4 Å². The number of sulfone groups is 2. The molecule has 8 rings (SSSR count). The Bertz CT molecular complexity index is 3050. The van der Waals surface area contributed by atoms with E-state index in [0.717, 1.165) is 0 Å². The zero-order valence-electron chi connectivity index (χ0n) is 39.8. The minimum absolute atomic E-state index is 0.0900. The lowest BCUT2D eigenvalue weighted by molar-refractivity contribution is 0.170. The molecule has 0 saturated carbocycles. The van der Waals surface area contributed by atoms with Gasteiger partial charge in [-0.05, 0) is 76.2 Å². The van der Waals surface area contributed by atoms with Gasteiger partial charge in [0.2, 0.25) is 11.6 Å². The molecule has 0 aliphatic heterocycles. The second-order valence-electron chi connectivity index (χ2n) is 15.9. The molecule has 4 atom stereocenters. The molecule has 0 fully saturated rings. The van der Waals surface area contributed by atoms with Gasteiger partial charge < -0.3 is 46.8 Å². The van der Waals surface area contributed by atoms with Crippen molar-refractivity contribution in [2.24, 2.45) is 0 Å². The van der Waals surface area contributed by atoms with E-state index in [2.05, 4.69) is 30.4 Å². The van der Waals surface area contributed by atoms with E-state index in [0.29, 0.717) is 69.2 Å². The molecule has 24 heteroatoms. The van der Waals surface area contributed by atoms with E-state index in [9.17, 15) is 27.0 Å². The van der Waals surface area contributed by atoms with E-state index in [-0.39, 0.29) is 34.7 Å². The molecule has 0 aliphatic carbocycles. The number of nitrogens with zero attached hydrogens (tertiary/aromatic N) is 8. The van der Waals surface area contributed by atoms with Crippen LogP contribution in [0.15, 0.2) is 90.9 Å². The Kier molecular flexibility index (Phi) is 15.0. The molecule has 0 bridgehead atoms. The molecule has 22 nitrogen and oxygen atoms in total. The number of aliphatic hydroxyl groups excluding tert-OH is 2. The SMILES string of the molecule is COc1cccc(OC)c1-n1c(CS(=O)(=O)[C@@H](C)[C@@H](O)c2coc(C)n2)nnc1-c1ccc(C)o1.COc1cccc(OC)c1-n1c(CS(=O)(=O)[C@H](C)[C@H](O)c2coc(C)n2)nnc1-c1ccc(C)o1. The van der Waals surface area contributed by atoms with Crippen LogP contribution < -0.4 is 18.9 Å². The van der Waals surface area contributed by atoms with Crippen LogP contribution in [0.4, 0.5) is 0 Å². The predicted octanol–water partition coefficient (Wildman–Crippen LogP) is 6.37. The van der Waals surface area contributed by atoms with Gasteiger partial charge in [-0.25, -0.2) is 26.8 Å². The van der Waals surface area contributed by atoms with E-state index >= 15 is 0 Å². The number of rotatable bonds is 18. The van der Waals surface area contributed by atoms with Gasteiger partial charge in [-0.1, -0.05) is 12.1 Å². The summed E-state index contributed by atoms with van der Waals surface area (Å²) in [5.41, 5.74) is 1.10. The van der Waals surface area contributed by atoms with Crippen LogP contribution in [0.3, 0.4) is 0 Å². The Morgan fingerprint density at radius 1 is 0.543 bits per heavy atom. The van der Waals surface area contributed by atoms with Crippen molar-refractivity contribution in [1.29, 1.82) is 0 Å². The third-order valence-corrected chi connectivity index (χ3v) is 15.3. The summed E-state index contributed by atoms with van der Waals surface area (Å²) in [6.45, 7) is 9.60. The van der Waals surface area contributed by atoms with Crippen molar-refractivity contribution in [3.05, 3.63) is 120 Å². The highest BCUT2D eigenvalue weighted by Crippen LogP contribution is 2.39. The molecule has 0 amide bonds. The number of aromatic nitrogens is 8. The Morgan fingerprint density at radius 2 is 0.886 bits per heavy atom. The summed E-state index contributed by atoms with van der Waals surface area (Å²) < 4.78 is 101. The highest BCUT2D eigenvalue weighted by molar-refractivity contribution is 7.91. The molecule has 2 N–H and O–H groups in total. The minimum atomic E-state index is -3.95. The van der Waals surface area contributed by atoms with Crippen molar-refractivity contribution in [3.8, 4) is 57.5 Å². The minimum Gasteiger partial charge on any atom is -0.494 e. The van der Waals surface area contributed by atoms with E-state index < -0.39 is 53.9 Å². The monoisotopic (exact) mass is 1000 g/mol.